The molecule has 1 aliphatic rings. The number of nitrogens with one attached hydrogen (secondary N) is 2. The van der Waals surface area contributed by atoms with E-state index in [9.17, 15) is 13.2 Å². The fourth-order valence-electron chi connectivity index (χ4n) is 3.65. The largest absolute Gasteiger partial charge is 0.348 e. The maximum Gasteiger partial charge on any atom is 0.251 e. The highest BCUT2D eigenvalue weighted by Crippen LogP contribution is 2.24. The van der Waals surface area contributed by atoms with Gasteiger partial charge in [-0.3, -0.25) is 9.69 Å². The first-order chi connectivity index (χ1) is 13.8. The maximum absolute atomic E-state index is 12.7. The van der Waals surface area contributed by atoms with Crippen molar-refractivity contribution in [3.8, 4) is 0 Å². The summed E-state index contributed by atoms with van der Waals surface area (Å²) in [6.07, 6.45) is 0.871. The van der Waals surface area contributed by atoms with E-state index in [1.807, 2.05) is 18.2 Å². The van der Waals surface area contributed by atoms with Gasteiger partial charge in [0.2, 0.25) is 10.0 Å². The molecule has 0 aliphatic carbocycles. The average Bonchev–Trinajstić information content (AvgIpc) is 3.15. The first-order valence-electron chi connectivity index (χ1n) is 9.98. The van der Waals surface area contributed by atoms with Crippen LogP contribution in [0.15, 0.2) is 59.5 Å². The van der Waals surface area contributed by atoms with Crippen molar-refractivity contribution < 1.29 is 13.2 Å². The summed E-state index contributed by atoms with van der Waals surface area (Å²) in [4.78, 5) is 15.2. The topological polar surface area (TPSA) is 78.5 Å². The number of benzene rings is 2. The summed E-state index contributed by atoms with van der Waals surface area (Å²) < 4.78 is 27.3. The van der Waals surface area contributed by atoms with E-state index in [4.69, 9.17) is 0 Å². The molecule has 2 atom stereocenters. The zero-order chi connectivity index (χ0) is 21.0. The highest BCUT2D eigenvalue weighted by molar-refractivity contribution is 7.89. The summed E-state index contributed by atoms with van der Waals surface area (Å²) in [7, 11) is -3.63. The van der Waals surface area contributed by atoms with Crippen LogP contribution in [0.2, 0.25) is 0 Å². The molecule has 2 aromatic carbocycles. The first kappa shape index (κ1) is 21.5. The first-order valence-corrected chi connectivity index (χ1v) is 11.5. The molecule has 1 aliphatic heterocycles. The van der Waals surface area contributed by atoms with Crippen LogP contribution < -0.4 is 10.0 Å². The Bertz CT molecular complexity index is 945. The van der Waals surface area contributed by atoms with Crippen molar-refractivity contribution in [2.75, 3.05) is 13.1 Å². The van der Waals surface area contributed by atoms with Crippen molar-refractivity contribution in [3.63, 3.8) is 0 Å². The molecule has 1 amide bonds. The Morgan fingerprint density at radius 2 is 1.79 bits per heavy atom. The van der Waals surface area contributed by atoms with Crippen LogP contribution in [0.4, 0.5) is 0 Å². The van der Waals surface area contributed by atoms with Crippen LogP contribution in [0.5, 0.6) is 0 Å². The Balaban J connectivity index is 1.63. The van der Waals surface area contributed by atoms with Crippen LogP contribution >= 0.6 is 0 Å². The van der Waals surface area contributed by atoms with E-state index in [-0.39, 0.29) is 28.9 Å². The van der Waals surface area contributed by atoms with Gasteiger partial charge in [0, 0.05) is 36.8 Å². The van der Waals surface area contributed by atoms with Crippen LogP contribution in [0.25, 0.3) is 0 Å². The molecule has 2 N–H and O–H groups in total. The van der Waals surface area contributed by atoms with E-state index in [1.54, 1.807) is 26.0 Å². The molecule has 0 spiro atoms. The summed E-state index contributed by atoms with van der Waals surface area (Å²) >= 11 is 0. The molecular weight excluding hydrogens is 386 g/mol. The molecule has 0 saturated carbocycles. The van der Waals surface area contributed by atoms with Gasteiger partial charge in [-0.25, -0.2) is 13.1 Å². The molecule has 0 aromatic heterocycles. The monoisotopic (exact) mass is 415 g/mol. The summed E-state index contributed by atoms with van der Waals surface area (Å²) in [6.45, 7) is 7.38. The number of hydrogen-bond acceptors (Lipinski definition) is 4. The van der Waals surface area contributed by atoms with Crippen LogP contribution in [0, 0.1) is 0 Å². The number of hydrogen-bond donors (Lipinski definition) is 2. The Kier molecular flexibility index (Phi) is 6.72. The molecule has 29 heavy (non-hydrogen) atoms. The van der Waals surface area contributed by atoms with Crippen LogP contribution in [0.1, 0.15) is 49.2 Å². The number of carbonyl (C=O) groups is 1. The highest BCUT2D eigenvalue weighted by Gasteiger charge is 2.28. The minimum atomic E-state index is -3.63. The number of rotatable bonds is 7. The van der Waals surface area contributed by atoms with E-state index in [0.29, 0.717) is 5.56 Å². The van der Waals surface area contributed by atoms with Crippen molar-refractivity contribution in [2.45, 2.75) is 50.2 Å². The zero-order valence-electron chi connectivity index (χ0n) is 17.1. The lowest BCUT2D eigenvalue weighted by Gasteiger charge is -2.24. The van der Waals surface area contributed by atoms with Crippen molar-refractivity contribution in [2.24, 2.45) is 0 Å². The van der Waals surface area contributed by atoms with Crippen molar-refractivity contribution in [1.82, 2.24) is 14.9 Å². The fraction of sp³-hybridized carbons (Fsp3) is 0.409. The van der Waals surface area contributed by atoms with Gasteiger partial charge in [0.15, 0.2) is 0 Å². The molecule has 6 nitrogen and oxygen atoms in total. The molecular formula is C22H29N3O3S. The predicted molar refractivity (Wildman–Crippen MR) is 114 cm³/mol. The van der Waals surface area contributed by atoms with Gasteiger partial charge < -0.3 is 5.32 Å². The number of sulfonamides is 1. The van der Waals surface area contributed by atoms with Crippen molar-refractivity contribution >= 4 is 15.9 Å². The van der Waals surface area contributed by atoms with Gasteiger partial charge in [0.1, 0.15) is 0 Å². The van der Waals surface area contributed by atoms with E-state index >= 15 is 0 Å². The predicted octanol–water partition coefficient (Wildman–Crippen LogP) is 2.94. The molecule has 1 fully saturated rings. The van der Waals surface area contributed by atoms with E-state index in [2.05, 4.69) is 34.0 Å². The number of nitrogens with zero attached hydrogens (tertiary/aromatic N) is 1. The second-order valence-corrected chi connectivity index (χ2v) is 9.56. The van der Waals surface area contributed by atoms with Gasteiger partial charge in [0.05, 0.1) is 4.90 Å². The number of carbonyl (C=O) groups excluding carboxylic acids is 1. The van der Waals surface area contributed by atoms with Crippen molar-refractivity contribution in [3.05, 3.63) is 65.7 Å². The minimum absolute atomic E-state index is 0.0442. The third kappa shape index (κ3) is 5.44. The standard InChI is InChI=1S/C22H29N3O3S/c1-16(2)24-29(27,28)21-11-7-10-19(14-21)22(26)23-20-12-13-25(15-20)17(3)18-8-5-4-6-9-18/h4-11,14,16-17,20,24H,12-13,15H2,1-3H3,(H,23,26). The molecule has 0 radical (unpaired) electrons. The Morgan fingerprint density at radius 3 is 2.48 bits per heavy atom. The molecule has 3 rings (SSSR count). The molecule has 2 unspecified atom stereocenters. The van der Waals surface area contributed by atoms with E-state index in [0.717, 1.165) is 19.5 Å². The van der Waals surface area contributed by atoms with Crippen molar-refractivity contribution in [1.29, 1.82) is 0 Å². The number of likely N-dealkylation sites (tertiary alicyclic amines) is 1. The third-order valence-corrected chi connectivity index (χ3v) is 6.84. The molecule has 156 valence electrons. The number of amides is 1. The van der Waals surface area contributed by atoms with Gasteiger partial charge >= 0.3 is 0 Å². The Morgan fingerprint density at radius 1 is 1.07 bits per heavy atom. The Hall–Kier alpha value is -2.22. The van der Waals surface area contributed by atoms with Crippen LogP contribution in [-0.4, -0.2) is 44.4 Å². The van der Waals surface area contributed by atoms with Gasteiger partial charge in [-0.15, -0.1) is 0 Å². The third-order valence-electron chi connectivity index (χ3n) is 5.18. The molecule has 2 aromatic rings. The maximum atomic E-state index is 12.7. The normalized spacial score (nSPS) is 18.7. The minimum Gasteiger partial charge on any atom is -0.348 e. The molecule has 1 heterocycles. The summed E-state index contributed by atoms with van der Waals surface area (Å²) in [5, 5.41) is 3.06. The Labute approximate surface area is 173 Å². The lowest BCUT2D eigenvalue weighted by molar-refractivity contribution is 0.0936. The second-order valence-electron chi connectivity index (χ2n) is 7.84. The van der Waals surface area contributed by atoms with Gasteiger partial charge in [-0.1, -0.05) is 36.4 Å². The van der Waals surface area contributed by atoms with Gasteiger partial charge in [-0.05, 0) is 51.0 Å². The second kappa shape index (κ2) is 9.07. The van der Waals surface area contributed by atoms with Gasteiger partial charge in [-0.2, -0.15) is 0 Å². The average molecular weight is 416 g/mol. The summed E-state index contributed by atoms with van der Waals surface area (Å²) in [5.41, 5.74) is 1.61. The zero-order valence-corrected chi connectivity index (χ0v) is 17.9. The van der Waals surface area contributed by atoms with Crippen LogP contribution in [-0.2, 0) is 10.0 Å². The summed E-state index contributed by atoms with van der Waals surface area (Å²) in [5.74, 6) is -0.245. The molecule has 0 bridgehead atoms. The van der Waals surface area contributed by atoms with E-state index in [1.165, 1.54) is 17.7 Å². The van der Waals surface area contributed by atoms with E-state index < -0.39 is 10.0 Å². The lowest BCUT2D eigenvalue weighted by atomic mass is 10.1. The van der Waals surface area contributed by atoms with Gasteiger partial charge in [0.25, 0.3) is 5.91 Å². The summed E-state index contributed by atoms with van der Waals surface area (Å²) in [6, 6.07) is 16.6. The SMILES string of the molecule is CC(C)NS(=O)(=O)c1cccc(C(=O)NC2CCN(C(C)c3ccccc3)C2)c1. The molecule has 1 saturated heterocycles. The quantitative estimate of drug-likeness (QED) is 0.729. The smallest absolute Gasteiger partial charge is 0.251 e. The van der Waals surface area contributed by atoms with Crippen LogP contribution in [0.3, 0.4) is 0 Å². The lowest BCUT2D eigenvalue weighted by Crippen LogP contribution is -2.37. The fourth-order valence-corrected chi connectivity index (χ4v) is 4.95. The molecule has 7 heteroatoms. The highest BCUT2D eigenvalue weighted by atomic mass is 32.2.